The van der Waals surface area contributed by atoms with E-state index in [1.54, 1.807) is 23.2 Å². The molecule has 0 radical (unpaired) electrons. The molecule has 0 bridgehead atoms. The Morgan fingerprint density at radius 3 is 2.84 bits per heavy atom. The maximum atomic E-state index is 13.4. The van der Waals surface area contributed by atoms with Crippen LogP contribution in [0.15, 0.2) is 61.2 Å². The zero-order chi connectivity index (χ0) is 22.2. The highest BCUT2D eigenvalue weighted by atomic mass is 16.2. The fourth-order valence-electron chi connectivity index (χ4n) is 4.79. The number of benzene rings is 2. The largest absolute Gasteiger partial charge is 0.399 e. The van der Waals surface area contributed by atoms with E-state index < -0.39 is 0 Å². The van der Waals surface area contributed by atoms with E-state index in [2.05, 4.69) is 34.7 Å². The fraction of sp³-hybridized carbons (Fsp3) is 0.320. The Morgan fingerprint density at radius 2 is 2.06 bits per heavy atom. The summed E-state index contributed by atoms with van der Waals surface area (Å²) in [5, 5.41) is 0. The number of hydrogen-bond donors (Lipinski definition) is 1. The van der Waals surface area contributed by atoms with Crippen molar-refractivity contribution in [2.45, 2.75) is 32.2 Å². The highest BCUT2D eigenvalue weighted by Gasteiger charge is 2.40. The Morgan fingerprint density at radius 1 is 1.19 bits per heavy atom. The Hall–Kier alpha value is -3.61. The Labute approximate surface area is 187 Å². The van der Waals surface area contributed by atoms with E-state index in [1.807, 2.05) is 29.6 Å². The van der Waals surface area contributed by atoms with Gasteiger partial charge in [0, 0.05) is 61.4 Å². The van der Waals surface area contributed by atoms with E-state index in [-0.39, 0.29) is 30.1 Å². The summed E-state index contributed by atoms with van der Waals surface area (Å²) in [5.74, 6) is -0.0786. The molecule has 0 saturated carbocycles. The quantitative estimate of drug-likeness (QED) is 0.631. The number of nitrogen functional groups attached to an aromatic ring is 1. The maximum absolute atomic E-state index is 13.4. The summed E-state index contributed by atoms with van der Waals surface area (Å²) < 4.78 is 2.07. The molecule has 2 N–H and O–H groups in total. The van der Waals surface area contributed by atoms with Crippen LogP contribution in [-0.2, 0) is 22.6 Å². The molecule has 1 fully saturated rings. The molecule has 1 saturated heterocycles. The van der Waals surface area contributed by atoms with Gasteiger partial charge < -0.3 is 20.1 Å². The molecule has 0 spiro atoms. The summed E-state index contributed by atoms with van der Waals surface area (Å²) in [4.78, 5) is 33.7. The topological polar surface area (TPSA) is 84.5 Å². The molecule has 164 valence electrons. The number of nitrogens with zero attached hydrogens (tertiary/aromatic N) is 4. The van der Waals surface area contributed by atoms with Crippen LogP contribution in [-0.4, -0.2) is 34.5 Å². The third-order valence-electron chi connectivity index (χ3n) is 6.51. The van der Waals surface area contributed by atoms with Crippen molar-refractivity contribution in [2.24, 2.45) is 5.92 Å². The summed E-state index contributed by atoms with van der Waals surface area (Å²) in [5.41, 5.74) is 10.7. The molecule has 2 aromatic carbocycles. The normalized spacial score (nSPS) is 20.1. The van der Waals surface area contributed by atoms with Crippen LogP contribution in [0.3, 0.4) is 0 Å². The number of amides is 2. The lowest BCUT2D eigenvalue weighted by Gasteiger charge is -2.22. The van der Waals surface area contributed by atoms with Gasteiger partial charge in [0.1, 0.15) is 0 Å². The number of anilines is 3. The minimum Gasteiger partial charge on any atom is -0.399 e. The van der Waals surface area contributed by atoms with E-state index in [0.717, 1.165) is 24.3 Å². The van der Waals surface area contributed by atoms with E-state index in [0.29, 0.717) is 18.8 Å². The first-order chi connectivity index (χ1) is 15.5. The lowest BCUT2D eigenvalue weighted by atomic mass is 10.00. The summed E-state index contributed by atoms with van der Waals surface area (Å²) >= 11 is 0. The summed E-state index contributed by atoms with van der Waals surface area (Å²) in [6.07, 6.45) is 6.72. The van der Waals surface area contributed by atoms with Crippen LogP contribution >= 0.6 is 0 Å². The van der Waals surface area contributed by atoms with Gasteiger partial charge in [-0.2, -0.15) is 0 Å². The number of aromatic nitrogens is 2. The van der Waals surface area contributed by atoms with Crippen LogP contribution in [0, 0.1) is 5.92 Å². The molecule has 32 heavy (non-hydrogen) atoms. The van der Waals surface area contributed by atoms with Crippen molar-refractivity contribution in [3.63, 3.8) is 0 Å². The lowest BCUT2D eigenvalue weighted by molar-refractivity contribution is -0.124. The number of carbonyl (C=O) groups is 2. The van der Waals surface area contributed by atoms with Crippen molar-refractivity contribution in [3.8, 4) is 0 Å². The number of nitrogens with two attached hydrogens (primary N) is 1. The minimum absolute atomic E-state index is 0.0292. The van der Waals surface area contributed by atoms with Crippen molar-refractivity contribution < 1.29 is 9.59 Å². The predicted octanol–water partition coefficient (Wildman–Crippen LogP) is 3.21. The fourth-order valence-corrected chi connectivity index (χ4v) is 4.79. The van der Waals surface area contributed by atoms with Crippen LogP contribution in [0.25, 0.3) is 0 Å². The summed E-state index contributed by atoms with van der Waals surface area (Å²) in [6.45, 7) is 4.08. The monoisotopic (exact) mass is 429 g/mol. The van der Waals surface area contributed by atoms with Gasteiger partial charge in [-0.25, -0.2) is 4.98 Å². The lowest BCUT2D eigenvalue weighted by Crippen LogP contribution is -2.36. The first-order valence-corrected chi connectivity index (χ1v) is 11.1. The number of hydrogen-bond acceptors (Lipinski definition) is 4. The van der Waals surface area contributed by atoms with Gasteiger partial charge in [-0.05, 0) is 41.8 Å². The molecule has 2 atom stereocenters. The third-order valence-corrected chi connectivity index (χ3v) is 6.51. The molecule has 5 rings (SSSR count). The molecule has 1 aromatic heterocycles. The second-order valence-electron chi connectivity index (χ2n) is 8.79. The van der Waals surface area contributed by atoms with E-state index >= 15 is 0 Å². The van der Waals surface area contributed by atoms with Gasteiger partial charge in [-0.15, -0.1) is 0 Å². The van der Waals surface area contributed by atoms with Gasteiger partial charge >= 0.3 is 0 Å². The zero-order valence-corrected chi connectivity index (χ0v) is 18.1. The van der Waals surface area contributed by atoms with Gasteiger partial charge in [-0.3, -0.25) is 9.59 Å². The SMILES string of the molecule is CC1CN(C(=O)C2CC(=O)N(c3cccc(N)c3)C2)c2ccc(CCn3ccnc3)cc21. The van der Waals surface area contributed by atoms with Gasteiger partial charge in [-0.1, -0.05) is 25.1 Å². The zero-order valence-electron chi connectivity index (χ0n) is 18.1. The Bertz CT molecular complexity index is 1160. The van der Waals surface area contributed by atoms with Crippen molar-refractivity contribution >= 4 is 28.9 Å². The standard InChI is InChI=1S/C25H27N5O2/c1-17-14-30(23-6-5-18(11-22(17)23)7-9-28-10-8-27-16-28)25(32)19-12-24(31)29(15-19)21-4-2-3-20(26)13-21/h2-6,8,10-11,13,16-17,19H,7,9,12,14-15,26H2,1H3. The molecule has 7 heteroatoms. The second-order valence-corrected chi connectivity index (χ2v) is 8.79. The molecule has 0 aliphatic carbocycles. The molecule has 2 aliphatic heterocycles. The van der Waals surface area contributed by atoms with Crippen molar-refractivity contribution in [1.82, 2.24) is 9.55 Å². The number of aryl methyl sites for hydroxylation is 2. The van der Waals surface area contributed by atoms with E-state index in [4.69, 9.17) is 5.73 Å². The highest BCUT2D eigenvalue weighted by Crippen LogP contribution is 2.39. The van der Waals surface area contributed by atoms with Crippen LogP contribution < -0.4 is 15.5 Å². The minimum atomic E-state index is -0.344. The van der Waals surface area contributed by atoms with Gasteiger partial charge in [0.05, 0.1) is 12.2 Å². The Kier molecular flexibility index (Phi) is 5.17. The Balaban J connectivity index is 1.31. The molecule has 3 aromatic rings. The second kappa shape index (κ2) is 8.15. The third kappa shape index (κ3) is 3.75. The molecule has 7 nitrogen and oxygen atoms in total. The number of carbonyl (C=O) groups excluding carboxylic acids is 2. The van der Waals surface area contributed by atoms with Crippen LogP contribution in [0.1, 0.15) is 30.4 Å². The molecule has 2 unspecified atom stereocenters. The first kappa shape index (κ1) is 20.3. The highest BCUT2D eigenvalue weighted by molar-refractivity contribution is 6.05. The maximum Gasteiger partial charge on any atom is 0.232 e. The molecular formula is C25H27N5O2. The molecular weight excluding hydrogens is 402 g/mol. The van der Waals surface area contributed by atoms with Crippen molar-refractivity contribution in [1.29, 1.82) is 0 Å². The molecule has 3 heterocycles. The van der Waals surface area contributed by atoms with Gasteiger partial charge in [0.15, 0.2) is 0 Å². The van der Waals surface area contributed by atoms with Crippen LogP contribution in [0.4, 0.5) is 17.1 Å². The van der Waals surface area contributed by atoms with Gasteiger partial charge in [0.2, 0.25) is 11.8 Å². The van der Waals surface area contributed by atoms with Crippen molar-refractivity contribution in [3.05, 3.63) is 72.3 Å². The average molecular weight is 430 g/mol. The van der Waals surface area contributed by atoms with E-state index in [1.165, 1.54) is 11.1 Å². The summed E-state index contributed by atoms with van der Waals surface area (Å²) in [6, 6.07) is 13.7. The van der Waals surface area contributed by atoms with Crippen LogP contribution in [0.5, 0.6) is 0 Å². The smallest absolute Gasteiger partial charge is 0.232 e. The number of rotatable bonds is 5. The van der Waals surface area contributed by atoms with Crippen molar-refractivity contribution in [2.75, 3.05) is 28.6 Å². The average Bonchev–Trinajstić information content (AvgIpc) is 3.51. The molecule has 2 amide bonds. The predicted molar refractivity (Wildman–Crippen MR) is 124 cm³/mol. The molecule has 2 aliphatic rings. The van der Waals surface area contributed by atoms with E-state index in [9.17, 15) is 9.59 Å². The van der Waals surface area contributed by atoms with Gasteiger partial charge in [0.25, 0.3) is 0 Å². The summed E-state index contributed by atoms with van der Waals surface area (Å²) in [7, 11) is 0. The van der Waals surface area contributed by atoms with Crippen LogP contribution in [0.2, 0.25) is 0 Å². The first-order valence-electron chi connectivity index (χ1n) is 11.1. The number of imidazole rings is 1. The number of fused-ring (bicyclic) bond motifs is 1.